The Labute approximate surface area is 153 Å². The molecule has 0 radical (unpaired) electrons. The van der Waals surface area contributed by atoms with Gasteiger partial charge in [0.2, 0.25) is 5.91 Å². The Morgan fingerprint density at radius 2 is 1.76 bits per heavy atom. The predicted molar refractivity (Wildman–Crippen MR) is 94.4 cm³/mol. The first kappa shape index (κ1) is 18.6. The van der Waals surface area contributed by atoms with Crippen molar-refractivity contribution in [3.05, 3.63) is 35.4 Å². The van der Waals surface area contributed by atoms with Crippen LogP contribution in [0.5, 0.6) is 0 Å². The number of hydrogen-bond donors (Lipinski definition) is 2. The lowest BCUT2D eigenvalue weighted by atomic mass is 9.67. The van der Waals surface area contributed by atoms with Crippen molar-refractivity contribution in [2.24, 2.45) is 23.5 Å². The zero-order chi connectivity index (χ0) is 16.8. The summed E-state index contributed by atoms with van der Waals surface area (Å²) in [4.78, 5) is 12.6. The van der Waals surface area contributed by atoms with E-state index in [2.05, 4.69) is 5.32 Å². The predicted octanol–water partition coefficient (Wildman–Crippen LogP) is 3.51. The van der Waals surface area contributed by atoms with Crippen molar-refractivity contribution in [3.63, 3.8) is 0 Å². The van der Waals surface area contributed by atoms with Gasteiger partial charge in [-0.1, -0.05) is 12.5 Å². The summed E-state index contributed by atoms with van der Waals surface area (Å²) in [7, 11) is 0. The van der Waals surface area contributed by atoms with Crippen LogP contribution in [0.4, 0.5) is 8.78 Å². The van der Waals surface area contributed by atoms with Crippen molar-refractivity contribution in [3.8, 4) is 0 Å². The Kier molecular flexibility index (Phi) is 5.35. The minimum absolute atomic E-state index is 0. The first-order valence-electron chi connectivity index (χ1n) is 9.04. The van der Waals surface area contributed by atoms with Gasteiger partial charge in [-0.2, -0.15) is 0 Å². The van der Waals surface area contributed by atoms with Gasteiger partial charge in [-0.05, 0) is 67.6 Å². The molecule has 3 saturated carbocycles. The highest BCUT2D eigenvalue weighted by atomic mass is 35.5. The second-order valence-electron chi connectivity index (χ2n) is 7.84. The lowest BCUT2D eigenvalue weighted by Gasteiger charge is -2.45. The number of carbonyl (C=O) groups is 1. The van der Waals surface area contributed by atoms with Gasteiger partial charge in [0.05, 0.1) is 0 Å². The van der Waals surface area contributed by atoms with E-state index < -0.39 is 11.6 Å². The highest BCUT2D eigenvalue weighted by Gasteiger charge is 2.47. The molecule has 25 heavy (non-hydrogen) atoms. The summed E-state index contributed by atoms with van der Waals surface area (Å²) in [6.07, 6.45) is 6.24. The number of rotatable bonds is 3. The van der Waals surface area contributed by atoms with E-state index in [0.29, 0.717) is 11.8 Å². The molecule has 4 atom stereocenters. The highest BCUT2D eigenvalue weighted by Crippen LogP contribution is 2.48. The van der Waals surface area contributed by atoms with Crippen molar-refractivity contribution in [2.75, 3.05) is 0 Å². The van der Waals surface area contributed by atoms with Crippen LogP contribution in [0.25, 0.3) is 0 Å². The van der Waals surface area contributed by atoms with E-state index in [9.17, 15) is 13.6 Å². The Balaban J connectivity index is 0.00000182. The van der Waals surface area contributed by atoms with Crippen LogP contribution >= 0.6 is 12.4 Å². The molecule has 3 N–H and O–H groups in total. The fourth-order valence-electron chi connectivity index (χ4n) is 4.89. The summed E-state index contributed by atoms with van der Waals surface area (Å²) in [5, 5.41) is 3.27. The Morgan fingerprint density at radius 3 is 2.40 bits per heavy atom. The minimum Gasteiger partial charge on any atom is -0.353 e. The molecule has 1 aromatic carbocycles. The van der Waals surface area contributed by atoms with Crippen LogP contribution in [-0.4, -0.2) is 18.0 Å². The molecule has 4 unspecified atom stereocenters. The summed E-state index contributed by atoms with van der Waals surface area (Å²) >= 11 is 0. The Bertz CT molecular complexity index is 642. The van der Waals surface area contributed by atoms with Gasteiger partial charge in [0.25, 0.3) is 0 Å². The van der Waals surface area contributed by atoms with E-state index >= 15 is 0 Å². The maximum atomic E-state index is 13.4. The van der Waals surface area contributed by atoms with Crippen LogP contribution in [0.2, 0.25) is 0 Å². The third-order valence-electron chi connectivity index (χ3n) is 6.18. The van der Waals surface area contributed by atoms with E-state index in [1.807, 2.05) is 0 Å². The van der Waals surface area contributed by atoms with Gasteiger partial charge in [0.15, 0.2) is 11.6 Å². The van der Waals surface area contributed by atoms with Gasteiger partial charge in [-0.3, -0.25) is 4.79 Å². The lowest BCUT2D eigenvalue weighted by Crippen LogP contribution is -2.54. The number of benzene rings is 1. The number of amides is 1. The second-order valence-corrected chi connectivity index (χ2v) is 7.84. The average molecular weight is 371 g/mol. The van der Waals surface area contributed by atoms with E-state index in [1.54, 1.807) is 6.07 Å². The molecule has 138 valence electrons. The first-order valence-corrected chi connectivity index (χ1v) is 9.04. The van der Waals surface area contributed by atoms with Crippen LogP contribution in [-0.2, 0) is 4.79 Å². The van der Waals surface area contributed by atoms with Crippen molar-refractivity contribution < 1.29 is 13.6 Å². The van der Waals surface area contributed by atoms with Gasteiger partial charge in [-0.15, -0.1) is 12.4 Å². The fourth-order valence-corrected chi connectivity index (χ4v) is 4.89. The Hall–Kier alpha value is -1.20. The van der Waals surface area contributed by atoms with Crippen LogP contribution in [0.1, 0.15) is 50.0 Å². The number of carbonyl (C=O) groups excluding carboxylic acids is 1. The summed E-state index contributed by atoms with van der Waals surface area (Å²) in [6, 6.07) is 4.47. The van der Waals surface area contributed by atoms with Crippen LogP contribution in [0.3, 0.4) is 0 Å². The van der Waals surface area contributed by atoms with Crippen molar-refractivity contribution in [1.82, 2.24) is 5.32 Å². The molecule has 1 aromatic rings. The van der Waals surface area contributed by atoms with Crippen LogP contribution < -0.4 is 11.1 Å². The molecule has 0 heterocycles. The summed E-state index contributed by atoms with van der Waals surface area (Å²) in [5.41, 5.74) is 6.86. The molecular formula is C19H25ClF2N2O. The molecular weight excluding hydrogens is 346 g/mol. The molecule has 2 bridgehead atoms. The van der Waals surface area contributed by atoms with Gasteiger partial charge in [0, 0.05) is 18.0 Å². The minimum atomic E-state index is -0.841. The largest absolute Gasteiger partial charge is 0.353 e. The van der Waals surface area contributed by atoms with Crippen LogP contribution in [0, 0.1) is 29.4 Å². The number of nitrogens with one attached hydrogen (secondary N) is 1. The van der Waals surface area contributed by atoms with Gasteiger partial charge in [0.1, 0.15) is 0 Å². The summed E-state index contributed by atoms with van der Waals surface area (Å²) in [5.74, 6) is -0.700. The molecule has 6 heteroatoms. The molecule has 0 spiro atoms. The normalized spacial score (nSPS) is 36.3. The number of hydrogen-bond acceptors (Lipinski definition) is 2. The smallest absolute Gasteiger partial charge is 0.223 e. The molecule has 3 aliphatic rings. The van der Waals surface area contributed by atoms with Crippen molar-refractivity contribution in [1.29, 1.82) is 0 Å². The standard InChI is InChI=1S/C19H24F2N2O.ClH/c20-16-5-4-10(8-17(16)21)14-9-15(14)19(24)23-18-11-2-1-3-12(18)7-13(22)6-11;/h4-5,8,11-15,18H,1-3,6-7,9,22H2,(H,23,24);1H. The van der Waals surface area contributed by atoms with E-state index in [1.165, 1.54) is 12.5 Å². The third kappa shape index (κ3) is 3.68. The van der Waals surface area contributed by atoms with Crippen LogP contribution in [0.15, 0.2) is 18.2 Å². The van der Waals surface area contributed by atoms with Crippen molar-refractivity contribution >= 4 is 18.3 Å². The second kappa shape index (κ2) is 7.20. The highest BCUT2D eigenvalue weighted by molar-refractivity contribution is 5.85. The monoisotopic (exact) mass is 370 g/mol. The molecule has 0 saturated heterocycles. The number of halogens is 3. The van der Waals surface area contributed by atoms with Gasteiger partial charge in [-0.25, -0.2) is 8.78 Å². The maximum absolute atomic E-state index is 13.4. The summed E-state index contributed by atoms with van der Waals surface area (Å²) < 4.78 is 26.4. The molecule has 0 aliphatic heterocycles. The number of nitrogens with two attached hydrogens (primary N) is 1. The average Bonchev–Trinajstić information content (AvgIpc) is 3.31. The summed E-state index contributed by atoms with van der Waals surface area (Å²) in [6.45, 7) is 0. The quantitative estimate of drug-likeness (QED) is 0.855. The fraction of sp³-hybridized carbons (Fsp3) is 0.632. The number of fused-ring (bicyclic) bond motifs is 2. The third-order valence-corrected chi connectivity index (χ3v) is 6.18. The maximum Gasteiger partial charge on any atom is 0.223 e. The SMILES string of the molecule is Cl.NC1CC2CCCC(C1)C2NC(=O)C1CC1c1ccc(F)c(F)c1. The topological polar surface area (TPSA) is 55.1 Å². The Morgan fingerprint density at radius 1 is 1.08 bits per heavy atom. The van der Waals surface area contributed by atoms with Crippen molar-refractivity contribution in [2.45, 2.75) is 56.5 Å². The van der Waals surface area contributed by atoms with Gasteiger partial charge >= 0.3 is 0 Å². The van der Waals surface area contributed by atoms with E-state index in [0.717, 1.165) is 43.7 Å². The molecule has 0 aromatic heterocycles. The zero-order valence-corrected chi connectivity index (χ0v) is 14.9. The molecule has 4 rings (SSSR count). The molecule has 3 aliphatic carbocycles. The van der Waals surface area contributed by atoms with E-state index in [4.69, 9.17) is 5.73 Å². The first-order chi connectivity index (χ1) is 11.5. The molecule has 1 amide bonds. The molecule has 3 fully saturated rings. The zero-order valence-electron chi connectivity index (χ0n) is 14.1. The van der Waals surface area contributed by atoms with E-state index in [-0.39, 0.29) is 42.2 Å². The molecule has 3 nitrogen and oxygen atoms in total. The lowest BCUT2D eigenvalue weighted by molar-refractivity contribution is -0.124. The van der Waals surface area contributed by atoms with Gasteiger partial charge < -0.3 is 11.1 Å².